The second kappa shape index (κ2) is 9.57. The van der Waals surface area contributed by atoms with Crippen LogP contribution in [-0.2, 0) is 22.6 Å². The van der Waals surface area contributed by atoms with E-state index in [1.165, 1.54) is 22.2 Å². The van der Waals surface area contributed by atoms with Gasteiger partial charge in [-0.05, 0) is 29.7 Å². The highest BCUT2D eigenvalue weighted by Gasteiger charge is 2.13. The van der Waals surface area contributed by atoms with Crippen molar-refractivity contribution in [3.8, 4) is 10.4 Å². The number of aromatic nitrogens is 2. The van der Waals surface area contributed by atoms with Crippen LogP contribution in [0.25, 0.3) is 20.7 Å². The molecule has 0 saturated heterocycles. The Kier molecular flexibility index (Phi) is 6.42. The first kappa shape index (κ1) is 21.5. The SMILES string of the molecule is CCc1ccccc1NC(=O)CNC(=O)Cn1cnc2cc(-c3ccccc3)sc2c1=O. The molecule has 162 valence electrons. The molecule has 0 aliphatic carbocycles. The van der Waals surface area contributed by atoms with Crippen molar-refractivity contribution >= 4 is 39.1 Å². The fraction of sp³-hybridized carbons (Fsp3) is 0.167. The van der Waals surface area contributed by atoms with Crippen LogP contribution in [0.1, 0.15) is 12.5 Å². The number of aryl methyl sites for hydroxylation is 1. The average molecular weight is 447 g/mol. The third-order valence-corrected chi connectivity index (χ3v) is 6.16. The van der Waals surface area contributed by atoms with Crippen molar-refractivity contribution in [2.75, 3.05) is 11.9 Å². The number of nitrogens with zero attached hydrogens (tertiary/aromatic N) is 2. The summed E-state index contributed by atoms with van der Waals surface area (Å²) in [4.78, 5) is 42.6. The topological polar surface area (TPSA) is 93.1 Å². The number of carbonyl (C=O) groups is 2. The van der Waals surface area contributed by atoms with Crippen molar-refractivity contribution in [1.82, 2.24) is 14.9 Å². The molecule has 2 heterocycles. The molecule has 0 fully saturated rings. The normalized spacial score (nSPS) is 10.8. The van der Waals surface area contributed by atoms with Crippen LogP contribution < -0.4 is 16.2 Å². The molecule has 32 heavy (non-hydrogen) atoms. The highest BCUT2D eigenvalue weighted by Crippen LogP contribution is 2.30. The zero-order valence-electron chi connectivity index (χ0n) is 17.5. The molecule has 8 heteroatoms. The number of hydrogen-bond donors (Lipinski definition) is 2. The number of rotatable bonds is 7. The standard InChI is InChI=1S/C24H22N4O3S/c1-2-16-8-6-7-11-18(16)27-21(29)13-25-22(30)14-28-15-26-19-12-20(32-23(19)24(28)31)17-9-4-3-5-10-17/h3-12,15H,2,13-14H2,1H3,(H,25,30)(H,27,29). The van der Waals surface area contributed by atoms with Crippen molar-refractivity contribution in [1.29, 1.82) is 0 Å². The van der Waals surface area contributed by atoms with Gasteiger partial charge in [-0.1, -0.05) is 55.5 Å². The van der Waals surface area contributed by atoms with Crippen LogP contribution in [0.4, 0.5) is 5.69 Å². The molecule has 0 aliphatic heterocycles. The monoisotopic (exact) mass is 446 g/mol. The molecular formula is C24H22N4O3S. The predicted molar refractivity (Wildman–Crippen MR) is 127 cm³/mol. The van der Waals surface area contributed by atoms with Crippen LogP contribution in [0.5, 0.6) is 0 Å². The van der Waals surface area contributed by atoms with E-state index < -0.39 is 5.91 Å². The first-order chi connectivity index (χ1) is 15.5. The first-order valence-corrected chi connectivity index (χ1v) is 11.1. The van der Waals surface area contributed by atoms with Crippen LogP contribution in [0.15, 0.2) is 71.8 Å². The van der Waals surface area contributed by atoms with Crippen LogP contribution in [0.2, 0.25) is 0 Å². The Morgan fingerprint density at radius 1 is 1.03 bits per heavy atom. The molecule has 0 radical (unpaired) electrons. The molecule has 0 spiro atoms. The molecular weight excluding hydrogens is 424 g/mol. The molecule has 0 aliphatic rings. The van der Waals surface area contributed by atoms with E-state index in [1.807, 2.05) is 67.6 Å². The number of amides is 2. The van der Waals surface area contributed by atoms with E-state index in [0.29, 0.717) is 10.2 Å². The molecule has 0 bridgehead atoms. The van der Waals surface area contributed by atoms with E-state index in [4.69, 9.17) is 0 Å². The summed E-state index contributed by atoms with van der Waals surface area (Å²) in [5.74, 6) is -0.766. The minimum absolute atomic E-state index is 0.182. The summed E-state index contributed by atoms with van der Waals surface area (Å²) in [6.07, 6.45) is 2.15. The number of hydrogen-bond acceptors (Lipinski definition) is 5. The minimum atomic E-state index is -0.438. The largest absolute Gasteiger partial charge is 0.345 e. The quantitative estimate of drug-likeness (QED) is 0.455. The summed E-state index contributed by atoms with van der Waals surface area (Å²) in [7, 11) is 0. The summed E-state index contributed by atoms with van der Waals surface area (Å²) in [5, 5.41) is 5.36. The summed E-state index contributed by atoms with van der Waals surface area (Å²) in [5.41, 5.74) is 3.08. The third-order valence-electron chi connectivity index (χ3n) is 4.99. The average Bonchev–Trinajstić information content (AvgIpc) is 3.26. The number of carbonyl (C=O) groups excluding carboxylic acids is 2. The van der Waals surface area contributed by atoms with Crippen molar-refractivity contribution in [2.45, 2.75) is 19.9 Å². The first-order valence-electron chi connectivity index (χ1n) is 10.2. The van der Waals surface area contributed by atoms with Gasteiger partial charge in [0.1, 0.15) is 11.2 Å². The summed E-state index contributed by atoms with van der Waals surface area (Å²) in [6, 6.07) is 19.1. The molecule has 2 amide bonds. The number of benzene rings is 2. The summed E-state index contributed by atoms with van der Waals surface area (Å²) >= 11 is 1.35. The number of fused-ring (bicyclic) bond motifs is 1. The van der Waals surface area contributed by atoms with E-state index in [-0.39, 0.29) is 24.6 Å². The van der Waals surface area contributed by atoms with Gasteiger partial charge in [0, 0.05) is 10.6 Å². The van der Waals surface area contributed by atoms with Crippen LogP contribution in [-0.4, -0.2) is 27.9 Å². The summed E-state index contributed by atoms with van der Waals surface area (Å²) < 4.78 is 1.75. The van der Waals surface area contributed by atoms with E-state index in [2.05, 4.69) is 15.6 Å². The van der Waals surface area contributed by atoms with E-state index in [9.17, 15) is 14.4 Å². The van der Waals surface area contributed by atoms with Gasteiger partial charge in [-0.2, -0.15) is 0 Å². The number of para-hydroxylation sites is 1. The van der Waals surface area contributed by atoms with E-state index in [0.717, 1.165) is 28.1 Å². The Hall–Kier alpha value is -3.78. The van der Waals surface area contributed by atoms with Gasteiger partial charge in [0.15, 0.2) is 0 Å². The van der Waals surface area contributed by atoms with Gasteiger partial charge in [0.25, 0.3) is 5.56 Å². The zero-order chi connectivity index (χ0) is 22.5. The second-order valence-corrected chi connectivity index (χ2v) is 8.26. The molecule has 2 N–H and O–H groups in total. The number of nitrogens with one attached hydrogen (secondary N) is 2. The molecule has 2 aromatic heterocycles. The summed E-state index contributed by atoms with van der Waals surface area (Å²) in [6.45, 7) is 1.61. The molecule has 2 aromatic carbocycles. The van der Waals surface area contributed by atoms with Crippen molar-refractivity contribution in [2.24, 2.45) is 0 Å². The molecule has 4 rings (SSSR count). The second-order valence-electron chi connectivity index (χ2n) is 7.20. The lowest BCUT2D eigenvalue weighted by Crippen LogP contribution is -2.37. The van der Waals surface area contributed by atoms with Gasteiger partial charge in [0.2, 0.25) is 11.8 Å². The molecule has 0 atom stereocenters. The van der Waals surface area contributed by atoms with Gasteiger partial charge in [-0.25, -0.2) is 4.98 Å². The Bertz CT molecular complexity index is 1330. The zero-order valence-corrected chi connectivity index (χ0v) is 18.3. The molecule has 0 saturated carbocycles. The Morgan fingerprint density at radius 3 is 2.56 bits per heavy atom. The maximum Gasteiger partial charge on any atom is 0.271 e. The highest BCUT2D eigenvalue weighted by atomic mass is 32.1. The Balaban J connectivity index is 1.41. The fourth-order valence-electron chi connectivity index (χ4n) is 3.34. The van der Waals surface area contributed by atoms with Crippen LogP contribution in [0, 0.1) is 0 Å². The maximum atomic E-state index is 12.8. The van der Waals surface area contributed by atoms with Gasteiger partial charge < -0.3 is 10.6 Å². The maximum absolute atomic E-state index is 12.8. The smallest absolute Gasteiger partial charge is 0.271 e. The van der Waals surface area contributed by atoms with E-state index >= 15 is 0 Å². The van der Waals surface area contributed by atoms with Crippen LogP contribution >= 0.6 is 11.3 Å². The Labute approximate surface area is 188 Å². The lowest BCUT2D eigenvalue weighted by Gasteiger charge is -2.10. The van der Waals surface area contributed by atoms with Gasteiger partial charge in [-0.15, -0.1) is 11.3 Å². The molecule has 4 aromatic rings. The molecule has 7 nitrogen and oxygen atoms in total. The van der Waals surface area contributed by atoms with Gasteiger partial charge in [-0.3, -0.25) is 19.0 Å². The number of thiophene rings is 1. The number of anilines is 1. The predicted octanol–water partition coefficient (Wildman–Crippen LogP) is 3.44. The van der Waals surface area contributed by atoms with Gasteiger partial charge >= 0.3 is 0 Å². The van der Waals surface area contributed by atoms with E-state index in [1.54, 1.807) is 0 Å². The van der Waals surface area contributed by atoms with Crippen molar-refractivity contribution in [3.05, 3.63) is 82.9 Å². The lowest BCUT2D eigenvalue weighted by molar-refractivity contribution is -0.124. The third kappa shape index (κ3) is 4.76. The van der Waals surface area contributed by atoms with Crippen molar-refractivity contribution in [3.63, 3.8) is 0 Å². The molecule has 0 unspecified atom stereocenters. The lowest BCUT2D eigenvalue weighted by atomic mass is 10.1. The fourth-order valence-corrected chi connectivity index (χ4v) is 4.40. The Morgan fingerprint density at radius 2 is 1.78 bits per heavy atom. The highest BCUT2D eigenvalue weighted by molar-refractivity contribution is 7.22. The minimum Gasteiger partial charge on any atom is -0.345 e. The van der Waals surface area contributed by atoms with Gasteiger partial charge in [0.05, 0.1) is 18.4 Å². The van der Waals surface area contributed by atoms with Crippen molar-refractivity contribution < 1.29 is 9.59 Å². The van der Waals surface area contributed by atoms with Crippen LogP contribution in [0.3, 0.4) is 0 Å².